The van der Waals surface area contributed by atoms with Gasteiger partial charge in [0.25, 0.3) is 0 Å². The maximum atomic E-state index is 6.05. The van der Waals surface area contributed by atoms with Crippen molar-refractivity contribution in [3.05, 3.63) is 0 Å². The van der Waals surface area contributed by atoms with Gasteiger partial charge in [-0.25, -0.2) is 0 Å². The van der Waals surface area contributed by atoms with Crippen molar-refractivity contribution >= 4 is 0 Å². The third-order valence-electron chi connectivity index (χ3n) is 4.94. The van der Waals surface area contributed by atoms with Crippen molar-refractivity contribution in [1.29, 1.82) is 0 Å². The summed E-state index contributed by atoms with van der Waals surface area (Å²) in [4.78, 5) is 0. The van der Waals surface area contributed by atoms with Crippen LogP contribution in [0.3, 0.4) is 0 Å². The number of hydrogen-bond donors (Lipinski definition) is 2. The first-order chi connectivity index (χ1) is 9.67. The molecule has 20 heavy (non-hydrogen) atoms. The minimum Gasteiger partial charge on any atom is -0.379 e. The van der Waals surface area contributed by atoms with Crippen LogP contribution in [-0.4, -0.2) is 50.1 Å². The molecule has 0 saturated carbocycles. The summed E-state index contributed by atoms with van der Waals surface area (Å²) in [6, 6.07) is 1.64. The predicted molar refractivity (Wildman–Crippen MR) is 82.1 cm³/mol. The van der Waals surface area contributed by atoms with Crippen molar-refractivity contribution in [3.63, 3.8) is 0 Å². The lowest BCUT2D eigenvalue weighted by atomic mass is 9.85. The maximum absolute atomic E-state index is 6.05. The zero-order valence-electron chi connectivity index (χ0n) is 13.4. The Morgan fingerprint density at radius 3 is 2.75 bits per heavy atom. The van der Waals surface area contributed by atoms with Crippen molar-refractivity contribution in [1.82, 2.24) is 10.6 Å². The van der Waals surface area contributed by atoms with Gasteiger partial charge < -0.3 is 20.1 Å². The average molecular weight is 284 g/mol. The SMILES string of the molecule is CCC1(CC)CC(NC(C)CC2COCCN2)CCO1. The van der Waals surface area contributed by atoms with E-state index in [1.54, 1.807) is 0 Å². The Morgan fingerprint density at radius 2 is 2.10 bits per heavy atom. The first-order valence-corrected chi connectivity index (χ1v) is 8.38. The summed E-state index contributed by atoms with van der Waals surface area (Å²) in [6.45, 7) is 10.4. The minimum atomic E-state index is 0.113. The van der Waals surface area contributed by atoms with E-state index in [0.29, 0.717) is 18.1 Å². The summed E-state index contributed by atoms with van der Waals surface area (Å²) in [5, 5.41) is 7.35. The van der Waals surface area contributed by atoms with Crippen LogP contribution in [0.2, 0.25) is 0 Å². The molecule has 2 fully saturated rings. The van der Waals surface area contributed by atoms with Crippen LogP contribution in [0.4, 0.5) is 0 Å². The fraction of sp³-hybridized carbons (Fsp3) is 1.00. The van der Waals surface area contributed by atoms with E-state index in [4.69, 9.17) is 9.47 Å². The van der Waals surface area contributed by atoms with E-state index >= 15 is 0 Å². The van der Waals surface area contributed by atoms with Crippen molar-refractivity contribution in [2.24, 2.45) is 0 Å². The minimum absolute atomic E-state index is 0.113. The van der Waals surface area contributed by atoms with E-state index in [-0.39, 0.29) is 5.60 Å². The second-order valence-corrected chi connectivity index (χ2v) is 6.46. The van der Waals surface area contributed by atoms with Gasteiger partial charge in [-0.2, -0.15) is 0 Å². The second-order valence-electron chi connectivity index (χ2n) is 6.46. The van der Waals surface area contributed by atoms with E-state index in [2.05, 4.69) is 31.4 Å². The third-order valence-corrected chi connectivity index (χ3v) is 4.94. The van der Waals surface area contributed by atoms with Gasteiger partial charge in [-0.3, -0.25) is 0 Å². The summed E-state index contributed by atoms with van der Waals surface area (Å²) in [5.41, 5.74) is 0.113. The first-order valence-electron chi connectivity index (χ1n) is 8.38. The maximum Gasteiger partial charge on any atom is 0.0692 e. The summed E-state index contributed by atoms with van der Waals surface area (Å²) in [6.07, 6.45) is 5.67. The average Bonchev–Trinajstić information content (AvgIpc) is 2.48. The van der Waals surface area contributed by atoms with Gasteiger partial charge in [-0.15, -0.1) is 0 Å². The Labute approximate surface area is 124 Å². The lowest BCUT2D eigenvalue weighted by Crippen LogP contribution is -2.51. The van der Waals surface area contributed by atoms with Crippen LogP contribution in [0.15, 0.2) is 0 Å². The van der Waals surface area contributed by atoms with Crippen molar-refractivity contribution < 1.29 is 9.47 Å². The lowest BCUT2D eigenvalue weighted by molar-refractivity contribution is -0.0941. The molecule has 2 N–H and O–H groups in total. The molecular weight excluding hydrogens is 252 g/mol. The summed E-state index contributed by atoms with van der Waals surface area (Å²) >= 11 is 0. The molecule has 4 heteroatoms. The fourth-order valence-corrected chi connectivity index (χ4v) is 3.58. The lowest BCUT2D eigenvalue weighted by Gasteiger charge is -2.41. The summed E-state index contributed by atoms with van der Waals surface area (Å²) in [7, 11) is 0. The number of rotatable bonds is 6. The van der Waals surface area contributed by atoms with Gasteiger partial charge >= 0.3 is 0 Å². The third kappa shape index (κ3) is 4.42. The van der Waals surface area contributed by atoms with Crippen LogP contribution in [0.5, 0.6) is 0 Å². The van der Waals surface area contributed by atoms with Gasteiger partial charge in [-0.1, -0.05) is 13.8 Å². The zero-order valence-corrected chi connectivity index (χ0v) is 13.4. The number of ether oxygens (including phenoxy) is 2. The molecule has 0 spiro atoms. The smallest absolute Gasteiger partial charge is 0.0692 e. The van der Waals surface area contributed by atoms with Crippen LogP contribution < -0.4 is 10.6 Å². The van der Waals surface area contributed by atoms with Crippen LogP contribution in [0.25, 0.3) is 0 Å². The molecule has 0 aromatic rings. The van der Waals surface area contributed by atoms with Gasteiger partial charge in [0.2, 0.25) is 0 Å². The molecular formula is C16H32N2O2. The molecule has 2 heterocycles. The topological polar surface area (TPSA) is 42.5 Å². The van der Waals surface area contributed by atoms with Gasteiger partial charge in [0, 0.05) is 31.3 Å². The molecule has 3 atom stereocenters. The summed E-state index contributed by atoms with van der Waals surface area (Å²) < 4.78 is 11.6. The van der Waals surface area contributed by atoms with Crippen LogP contribution in [0.1, 0.15) is 52.9 Å². The zero-order chi connectivity index (χ0) is 14.4. The number of hydrogen-bond acceptors (Lipinski definition) is 4. The molecule has 0 bridgehead atoms. The molecule has 2 saturated heterocycles. The number of morpholine rings is 1. The standard InChI is InChI=1S/C16H32N2O2/c1-4-16(5-2)11-14(6-8-20-16)18-13(3)10-15-12-19-9-7-17-15/h13-15,17-18H,4-12H2,1-3H3. The Hall–Kier alpha value is -0.160. The highest BCUT2D eigenvalue weighted by Gasteiger charge is 2.34. The Kier molecular flexibility index (Phi) is 6.27. The van der Waals surface area contributed by atoms with Crippen molar-refractivity contribution in [2.75, 3.05) is 26.4 Å². The molecule has 0 aromatic carbocycles. The quantitative estimate of drug-likeness (QED) is 0.784. The highest BCUT2D eigenvalue weighted by atomic mass is 16.5. The van der Waals surface area contributed by atoms with E-state index < -0.39 is 0 Å². The first kappa shape index (κ1) is 16.2. The van der Waals surface area contributed by atoms with E-state index in [9.17, 15) is 0 Å². The van der Waals surface area contributed by atoms with Gasteiger partial charge in [0.15, 0.2) is 0 Å². The highest BCUT2D eigenvalue weighted by Crippen LogP contribution is 2.31. The molecule has 2 aliphatic rings. The molecule has 2 aliphatic heterocycles. The highest BCUT2D eigenvalue weighted by molar-refractivity contribution is 4.89. The van der Waals surface area contributed by atoms with Crippen LogP contribution >= 0.6 is 0 Å². The molecule has 2 rings (SSSR count). The van der Waals surface area contributed by atoms with E-state index in [1.165, 1.54) is 0 Å². The molecule has 0 aromatic heterocycles. The molecule has 118 valence electrons. The van der Waals surface area contributed by atoms with Crippen molar-refractivity contribution in [3.8, 4) is 0 Å². The largest absolute Gasteiger partial charge is 0.379 e. The van der Waals surface area contributed by atoms with Gasteiger partial charge in [0.05, 0.1) is 18.8 Å². The van der Waals surface area contributed by atoms with Crippen molar-refractivity contribution in [2.45, 2.75) is 76.6 Å². The Morgan fingerprint density at radius 1 is 1.30 bits per heavy atom. The Bertz CT molecular complexity index is 276. The predicted octanol–water partition coefficient (Wildman–Crippen LogP) is 2.08. The molecule has 4 nitrogen and oxygen atoms in total. The number of nitrogens with one attached hydrogen (secondary N) is 2. The molecule has 0 radical (unpaired) electrons. The Balaban J connectivity index is 1.76. The van der Waals surface area contributed by atoms with Gasteiger partial charge in [-0.05, 0) is 39.0 Å². The van der Waals surface area contributed by atoms with Crippen LogP contribution in [-0.2, 0) is 9.47 Å². The van der Waals surface area contributed by atoms with Gasteiger partial charge in [0.1, 0.15) is 0 Å². The van der Waals surface area contributed by atoms with Crippen LogP contribution in [0, 0.1) is 0 Å². The van der Waals surface area contributed by atoms with E-state index in [0.717, 1.165) is 58.5 Å². The summed E-state index contributed by atoms with van der Waals surface area (Å²) in [5.74, 6) is 0. The molecule has 0 aliphatic carbocycles. The molecule has 0 amide bonds. The molecule has 3 unspecified atom stereocenters. The normalized spacial score (nSPS) is 31.9. The monoisotopic (exact) mass is 284 g/mol. The second kappa shape index (κ2) is 7.74. The fourth-order valence-electron chi connectivity index (χ4n) is 3.58. The van der Waals surface area contributed by atoms with E-state index in [1.807, 2.05) is 0 Å².